The predicted molar refractivity (Wildman–Crippen MR) is 103 cm³/mol. The Kier molecular flexibility index (Phi) is 6.52. The topological polar surface area (TPSA) is 61.8 Å². The summed E-state index contributed by atoms with van der Waals surface area (Å²) in [6, 6.07) is 15.4. The molecular weight excluding hydrogens is 344 g/mol. The molecule has 0 spiro atoms. The molecule has 144 valence electrons. The molecule has 0 N–H and O–H groups in total. The zero-order valence-electron chi connectivity index (χ0n) is 16.4. The molecule has 2 aromatic rings. The van der Waals surface area contributed by atoms with E-state index in [2.05, 4.69) is 0 Å². The first-order valence-corrected chi connectivity index (χ1v) is 8.81. The van der Waals surface area contributed by atoms with Gasteiger partial charge in [-0.15, -0.1) is 0 Å². The van der Waals surface area contributed by atoms with Crippen molar-refractivity contribution in [3.8, 4) is 0 Å². The standard InChI is InChI=1S/C22H26O5/c1-21(2,3)26-27-22(4,5)15-25-20(24)18-13-9-12-17(14-18)19(23)16-10-7-6-8-11-16/h6-14H,15H2,1-5H3. The fourth-order valence-electron chi connectivity index (χ4n) is 2.13. The van der Waals surface area contributed by atoms with Crippen molar-refractivity contribution >= 4 is 11.8 Å². The van der Waals surface area contributed by atoms with E-state index >= 15 is 0 Å². The summed E-state index contributed by atoms with van der Waals surface area (Å²) in [5.74, 6) is -0.669. The molecular formula is C22H26O5. The summed E-state index contributed by atoms with van der Waals surface area (Å²) < 4.78 is 5.34. The Balaban J connectivity index is 2.02. The van der Waals surface area contributed by atoms with Crippen LogP contribution >= 0.6 is 0 Å². The number of hydrogen-bond donors (Lipinski definition) is 0. The maximum Gasteiger partial charge on any atom is 0.338 e. The minimum Gasteiger partial charge on any atom is -0.459 e. The molecule has 27 heavy (non-hydrogen) atoms. The van der Waals surface area contributed by atoms with Gasteiger partial charge in [-0.2, -0.15) is 0 Å². The molecule has 5 nitrogen and oxygen atoms in total. The Bertz CT molecular complexity index is 788. The van der Waals surface area contributed by atoms with Gasteiger partial charge in [0.2, 0.25) is 0 Å². The van der Waals surface area contributed by atoms with Gasteiger partial charge >= 0.3 is 5.97 Å². The molecule has 0 saturated carbocycles. The van der Waals surface area contributed by atoms with Crippen molar-refractivity contribution in [3.05, 3.63) is 71.3 Å². The van der Waals surface area contributed by atoms with Crippen LogP contribution in [0.15, 0.2) is 54.6 Å². The maximum atomic E-state index is 12.5. The molecule has 0 aliphatic rings. The van der Waals surface area contributed by atoms with Gasteiger partial charge in [0.25, 0.3) is 0 Å². The minimum atomic E-state index is -0.805. The summed E-state index contributed by atoms with van der Waals surface area (Å²) in [7, 11) is 0. The van der Waals surface area contributed by atoms with Crippen LogP contribution in [0.1, 0.15) is 60.9 Å². The Labute approximate surface area is 160 Å². The second-order valence-electron chi connectivity index (χ2n) is 7.89. The van der Waals surface area contributed by atoms with E-state index in [0.717, 1.165) is 0 Å². The molecule has 0 aliphatic carbocycles. The predicted octanol–water partition coefficient (Wildman–Crippen LogP) is 4.60. The van der Waals surface area contributed by atoms with Gasteiger partial charge in [0.15, 0.2) is 5.78 Å². The van der Waals surface area contributed by atoms with Gasteiger partial charge in [-0.05, 0) is 46.8 Å². The van der Waals surface area contributed by atoms with Crippen LogP contribution in [0.5, 0.6) is 0 Å². The summed E-state index contributed by atoms with van der Waals surface area (Å²) in [5.41, 5.74) is 0.0387. The molecule has 0 amide bonds. The van der Waals surface area contributed by atoms with Crippen LogP contribution in [-0.2, 0) is 14.5 Å². The highest BCUT2D eigenvalue weighted by atomic mass is 17.2. The number of esters is 1. The molecule has 0 fully saturated rings. The zero-order valence-corrected chi connectivity index (χ0v) is 16.4. The molecule has 0 unspecified atom stereocenters. The molecule has 2 aromatic carbocycles. The van der Waals surface area contributed by atoms with E-state index in [-0.39, 0.29) is 12.4 Å². The van der Waals surface area contributed by atoms with Crippen LogP contribution in [0.3, 0.4) is 0 Å². The highest BCUT2D eigenvalue weighted by Crippen LogP contribution is 2.18. The van der Waals surface area contributed by atoms with Crippen molar-refractivity contribution in [2.75, 3.05) is 6.61 Å². The second kappa shape index (κ2) is 8.46. The fourth-order valence-corrected chi connectivity index (χ4v) is 2.13. The average Bonchev–Trinajstić information content (AvgIpc) is 2.64. The lowest BCUT2D eigenvalue weighted by atomic mass is 10.0. The third kappa shape index (κ3) is 6.62. The minimum absolute atomic E-state index is 0.0127. The monoisotopic (exact) mass is 370 g/mol. The van der Waals surface area contributed by atoms with E-state index in [9.17, 15) is 9.59 Å². The molecule has 0 aliphatic heterocycles. The van der Waals surface area contributed by atoms with E-state index in [1.54, 1.807) is 56.3 Å². The number of ether oxygens (including phenoxy) is 1. The Hall–Kier alpha value is -2.50. The maximum absolute atomic E-state index is 12.5. The Morgan fingerprint density at radius 1 is 0.778 bits per heavy atom. The quantitative estimate of drug-likeness (QED) is 0.308. The largest absolute Gasteiger partial charge is 0.459 e. The van der Waals surface area contributed by atoms with E-state index < -0.39 is 17.2 Å². The summed E-state index contributed by atoms with van der Waals surface area (Å²) in [5, 5.41) is 0. The van der Waals surface area contributed by atoms with Crippen LogP contribution in [0.2, 0.25) is 0 Å². The van der Waals surface area contributed by atoms with Crippen molar-refractivity contribution in [1.82, 2.24) is 0 Å². The summed E-state index contributed by atoms with van der Waals surface area (Å²) in [6.45, 7) is 9.14. The summed E-state index contributed by atoms with van der Waals surface area (Å²) in [4.78, 5) is 35.6. The van der Waals surface area contributed by atoms with Gasteiger partial charge in [-0.25, -0.2) is 14.6 Å². The Morgan fingerprint density at radius 2 is 1.37 bits per heavy atom. The highest BCUT2D eigenvalue weighted by Gasteiger charge is 2.26. The first kappa shape index (κ1) is 20.8. The number of rotatable bonds is 7. The van der Waals surface area contributed by atoms with Gasteiger partial charge in [0.1, 0.15) is 12.2 Å². The molecule has 0 radical (unpaired) electrons. The normalized spacial score (nSPS) is 11.9. The zero-order chi connectivity index (χ0) is 20.1. The van der Waals surface area contributed by atoms with Gasteiger partial charge in [-0.1, -0.05) is 42.5 Å². The van der Waals surface area contributed by atoms with Gasteiger partial charge in [0, 0.05) is 11.1 Å². The Morgan fingerprint density at radius 3 is 2.00 bits per heavy atom. The van der Waals surface area contributed by atoms with Gasteiger partial charge in [0.05, 0.1) is 11.2 Å². The number of carbonyl (C=O) groups excluding carboxylic acids is 2. The van der Waals surface area contributed by atoms with Crippen LogP contribution in [0, 0.1) is 0 Å². The van der Waals surface area contributed by atoms with E-state index in [0.29, 0.717) is 16.7 Å². The number of ketones is 1. The summed E-state index contributed by atoms with van der Waals surface area (Å²) in [6.07, 6.45) is 0. The van der Waals surface area contributed by atoms with E-state index in [1.807, 2.05) is 26.8 Å². The molecule has 2 rings (SSSR count). The lowest BCUT2D eigenvalue weighted by molar-refractivity contribution is -0.400. The van der Waals surface area contributed by atoms with Crippen LogP contribution in [0.4, 0.5) is 0 Å². The number of carbonyl (C=O) groups is 2. The third-order valence-electron chi connectivity index (χ3n) is 3.46. The third-order valence-corrected chi connectivity index (χ3v) is 3.46. The highest BCUT2D eigenvalue weighted by molar-refractivity contribution is 6.09. The summed E-state index contributed by atoms with van der Waals surface area (Å²) >= 11 is 0. The van der Waals surface area contributed by atoms with Crippen molar-refractivity contribution in [3.63, 3.8) is 0 Å². The van der Waals surface area contributed by atoms with E-state index in [4.69, 9.17) is 14.5 Å². The number of benzene rings is 2. The first-order valence-electron chi connectivity index (χ1n) is 8.81. The lowest BCUT2D eigenvalue weighted by Crippen LogP contribution is -2.35. The molecule has 0 aromatic heterocycles. The number of hydrogen-bond acceptors (Lipinski definition) is 5. The van der Waals surface area contributed by atoms with Gasteiger partial charge < -0.3 is 4.74 Å². The first-order chi connectivity index (χ1) is 12.6. The van der Waals surface area contributed by atoms with Crippen LogP contribution < -0.4 is 0 Å². The fraction of sp³-hybridized carbons (Fsp3) is 0.364. The molecule has 5 heteroatoms. The van der Waals surface area contributed by atoms with Crippen molar-refractivity contribution < 1.29 is 24.1 Å². The second-order valence-corrected chi connectivity index (χ2v) is 7.89. The molecule has 0 saturated heterocycles. The lowest BCUT2D eigenvalue weighted by Gasteiger charge is -2.28. The van der Waals surface area contributed by atoms with Crippen molar-refractivity contribution in [1.29, 1.82) is 0 Å². The average molecular weight is 370 g/mol. The van der Waals surface area contributed by atoms with Crippen LogP contribution in [-0.4, -0.2) is 29.6 Å². The molecule has 0 heterocycles. The smallest absolute Gasteiger partial charge is 0.338 e. The SMILES string of the molecule is CC(C)(C)OOC(C)(C)COC(=O)c1cccc(C(=O)c2ccccc2)c1. The van der Waals surface area contributed by atoms with Crippen molar-refractivity contribution in [2.45, 2.75) is 45.8 Å². The van der Waals surface area contributed by atoms with Crippen molar-refractivity contribution in [2.24, 2.45) is 0 Å². The molecule has 0 bridgehead atoms. The molecule has 0 atom stereocenters. The van der Waals surface area contributed by atoms with Crippen LogP contribution in [0.25, 0.3) is 0 Å². The van der Waals surface area contributed by atoms with Gasteiger partial charge in [-0.3, -0.25) is 4.79 Å². The van der Waals surface area contributed by atoms with E-state index in [1.165, 1.54) is 6.07 Å².